The number of hydrogen-bond acceptors (Lipinski definition) is 7. The first-order chi connectivity index (χ1) is 12.2. The number of carbonyl (C=O) groups excluding carboxylic acids is 1. The topological polar surface area (TPSA) is 187 Å². The van der Waals surface area contributed by atoms with E-state index in [0.717, 1.165) is 11.3 Å². The summed E-state index contributed by atoms with van der Waals surface area (Å²) in [7, 11) is -3.96. The number of benzene rings is 1. The molecule has 0 unspecified atom stereocenters. The van der Waals surface area contributed by atoms with Crippen LogP contribution in [0.4, 0.5) is 10.8 Å². The third-order valence-corrected chi connectivity index (χ3v) is 5.07. The first-order valence-electron chi connectivity index (χ1n) is 6.87. The number of nitrogens with two attached hydrogens (primary N) is 1. The summed E-state index contributed by atoms with van der Waals surface area (Å²) in [5, 5.41) is 21.7. The summed E-state index contributed by atoms with van der Waals surface area (Å²) in [6, 6.07) is 5.29. The molecule has 13 heteroatoms. The van der Waals surface area contributed by atoms with Crippen LogP contribution in [0.25, 0.3) is 0 Å². The quantitative estimate of drug-likeness (QED) is 0.279. The van der Waals surface area contributed by atoms with E-state index in [2.05, 4.69) is 20.3 Å². The Bertz CT molecular complexity index is 938. The number of anilines is 2. The molecule has 0 saturated heterocycles. The van der Waals surface area contributed by atoms with Gasteiger partial charge < -0.3 is 21.5 Å². The van der Waals surface area contributed by atoms with Crippen LogP contribution < -0.4 is 21.1 Å². The smallest absolute Gasteiger partial charge is 0.355 e. The molecule has 2 aromatic rings. The molecule has 11 nitrogen and oxygen atoms in total. The first-order valence-corrected chi connectivity index (χ1v) is 9.23. The minimum Gasteiger partial charge on any atom is -0.476 e. The maximum atomic E-state index is 12.3. The molecule has 0 aliphatic heterocycles. The molecule has 1 aromatic heterocycles. The van der Waals surface area contributed by atoms with Gasteiger partial charge in [0.25, 0.3) is 10.0 Å². The van der Waals surface area contributed by atoms with Crippen LogP contribution in [0.5, 0.6) is 0 Å². The standard InChI is InChI=1S/C13H14N6O5S2/c14-12(15)16-5-10(20)17-7-1-3-8(4-2-7)26(23,24)19-13-18-9(6-25-13)11(21)22/h1-4,6H,5H2,(H,17,20)(H,18,19)(H,21,22)(H4,14,15,16). The summed E-state index contributed by atoms with van der Waals surface area (Å²) in [6.07, 6.45) is 0. The SMILES string of the molecule is N=C(N)NCC(=O)Nc1ccc(S(=O)(=O)Nc2nc(C(=O)O)cs2)cc1. The van der Waals surface area contributed by atoms with Crippen molar-refractivity contribution in [1.82, 2.24) is 10.3 Å². The number of rotatable bonds is 7. The lowest BCUT2D eigenvalue weighted by atomic mass is 10.3. The van der Waals surface area contributed by atoms with Gasteiger partial charge in [0.1, 0.15) is 0 Å². The summed E-state index contributed by atoms with van der Waals surface area (Å²) < 4.78 is 26.7. The molecule has 0 bridgehead atoms. The fraction of sp³-hybridized carbons (Fsp3) is 0.0769. The zero-order valence-corrected chi connectivity index (χ0v) is 14.6. The zero-order chi connectivity index (χ0) is 19.3. The van der Waals surface area contributed by atoms with E-state index in [1.165, 1.54) is 29.6 Å². The normalized spacial score (nSPS) is 10.8. The molecule has 0 fully saturated rings. The Balaban J connectivity index is 2.04. The van der Waals surface area contributed by atoms with Gasteiger partial charge in [-0.2, -0.15) is 0 Å². The van der Waals surface area contributed by atoms with Crippen molar-refractivity contribution >= 4 is 50.0 Å². The highest BCUT2D eigenvalue weighted by Gasteiger charge is 2.17. The summed E-state index contributed by atoms with van der Waals surface area (Å²) >= 11 is 0.845. The predicted octanol–water partition coefficient (Wildman–Crippen LogP) is 0.0637. The molecule has 1 heterocycles. The van der Waals surface area contributed by atoms with Crippen LogP contribution in [0.15, 0.2) is 34.5 Å². The van der Waals surface area contributed by atoms with Crippen molar-refractivity contribution in [1.29, 1.82) is 5.41 Å². The van der Waals surface area contributed by atoms with Gasteiger partial charge in [-0.05, 0) is 24.3 Å². The highest BCUT2D eigenvalue weighted by molar-refractivity contribution is 7.93. The van der Waals surface area contributed by atoms with Crippen molar-refractivity contribution in [3.05, 3.63) is 35.3 Å². The van der Waals surface area contributed by atoms with E-state index in [1.54, 1.807) is 0 Å². The number of guanidine groups is 1. The third kappa shape index (κ3) is 5.15. The Labute approximate surface area is 151 Å². The lowest BCUT2D eigenvalue weighted by Gasteiger charge is -2.08. The van der Waals surface area contributed by atoms with Crippen molar-refractivity contribution < 1.29 is 23.1 Å². The number of sulfonamides is 1. The van der Waals surface area contributed by atoms with Crippen molar-refractivity contribution in [2.75, 3.05) is 16.6 Å². The number of amides is 1. The summed E-state index contributed by atoms with van der Waals surface area (Å²) in [5.41, 5.74) is 5.15. The van der Waals surface area contributed by atoms with E-state index < -0.39 is 21.9 Å². The van der Waals surface area contributed by atoms with Gasteiger partial charge in [0.05, 0.1) is 11.4 Å². The van der Waals surface area contributed by atoms with E-state index in [9.17, 15) is 18.0 Å². The van der Waals surface area contributed by atoms with Crippen molar-refractivity contribution in [3.8, 4) is 0 Å². The number of nitrogens with zero attached hydrogens (tertiary/aromatic N) is 1. The molecule has 1 aromatic carbocycles. The van der Waals surface area contributed by atoms with Crippen LogP contribution in [0.3, 0.4) is 0 Å². The molecule has 0 aliphatic carbocycles. The van der Waals surface area contributed by atoms with E-state index >= 15 is 0 Å². The molecule has 1 amide bonds. The lowest BCUT2D eigenvalue weighted by Crippen LogP contribution is -2.36. The van der Waals surface area contributed by atoms with Crippen LogP contribution in [-0.4, -0.2) is 42.9 Å². The fourth-order valence-electron chi connectivity index (χ4n) is 1.69. The molecule has 0 atom stereocenters. The molecule has 7 N–H and O–H groups in total. The van der Waals surface area contributed by atoms with Crippen molar-refractivity contribution in [2.24, 2.45) is 5.73 Å². The van der Waals surface area contributed by atoms with Gasteiger partial charge in [-0.3, -0.25) is 14.9 Å². The second-order valence-electron chi connectivity index (χ2n) is 4.79. The van der Waals surface area contributed by atoms with Crippen LogP contribution in [-0.2, 0) is 14.8 Å². The minimum absolute atomic E-state index is 0.0740. The first kappa shape index (κ1) is 19.1. The molecule has 2 rings (SSSR count). The second kappa shape index (κ2) is 7.79. The minimum atomic E-state index is -3.96. The number of carbonyl (C=O) groups is 2. The van der Waals surface area contributed by atoms with Crippen LogP contribution in [0.2, 0.25) is 0 Å². The molecule has 0 spiro atoms. The lowest BCUT2D eigenvalue weighted by molar-refractivity contribution is -0.115. The van der Waals surface area contributed by atoms with Gasteiger partial charge in [-0.1, -0.05) is 0 Å². The van der Waals surface area contributed by atoms with E-state index in [4.69, 9.17) is 16.2 Å². The maximum Gasteiger partial charge on any atom is 0.355 e. The van der Waals surface area contributed by atoms with Gasteiger partial charge in [0, 0.05) is 11.1 Å². The van der Waals surface area contributed by atoms with E-state index in [0.29, 0.717) is 5.69 Å². The predicted molar refractivity (Wildman–Crippen MR) is 94.9 cm³/mol. The Kier molecular flexibility index (Phi) is 5.74. The number of aromatic carboxylic acids is 1. The second-order valence-corrected chi connectivity index (χ2v) is 7.33. The molecular formula is C13H14N6O5S2. The number of carboxylic acid groups (broad SMARTS) is 1. The number of nitrogens with one attached hydrogen (secondary N) is 4. The van der Waals surface area contributed by atoms with Gasteiger partial charge in [0.15, 0.2) is 16.8 Å². The van der Waals surface area contributed by atoms with Gasteiger partial charge in [-0.25, -0.2) is 18.2 Å². The van der Waals surface area contributed by atoms with Crippen LogP contribution >= 0.6 is 11.3 Å². The number of aromatic nitrogens is 1. The highest BCUT2D eigenvalue weighted by Crippen LogP contribution is 2.21. The fourth-order valence-corrected chi connectivity index (χ4v) is 3.63. The average molecular weight is 398 g/mol. The highest BCUT2D eigenvalue weighted by atomic mass is 32.2. The Morgan fingerprint density at radius 1 is 1.27 bits per heavy atom. The van der Waals surface area contributed by atoms with E-state index in [1.807, 2.05) is 0 Å². The molecule has 0 aliphatic rings. The summed E-state index contributed by atoms with van der Waals surface area (Å²) in [4.78, 5) is 25.9. The van der Waals surface area contributed by atoms with Crippen molar-refractivity contribution in [2.45, 2.75) is 4.90 Å². The average Bonchev–Trinajstić information content (AvgIpc) is 3.01. The number of thiazole rings is 1. The summed E-state index contributed by atoms with van der Waals surface area (Å²) in [6.45, 7) is -0.201. The zero-order valence-electron chi connectivity index (χ0n) is 13.0. The third-order valence-electron chi connectivity index (χ3n) is 2.83. The molecular weight excluding hydrogens is 384 g/mol. The molecule has 0 radical (unpaired) electrons. The van der Waals surface area contributed by atoms with Crippen molar-refractivity contribution in [3.63, 3.8) is 0 Å². The maximum absolute atomic E-state index is 12.3. The Morgan fingerprint density at radius 3 is 2.46 bits per heavy atom. The molecule has 138 valence electrons. The Morgan fingerprint density at radius 2 is 1.92 bits per heavy atom. The molecule has 0 saturated carbocycles. The number of hydrogen-bond donors (Lipinski definition) is 6. The van der Waals surface area contributed by atoms with Gasteiger partial charge in [-0.15, -0.1) is 11.3 Å². The summed E-state index contributed by atoms with van der Waals surface area (Å²) in [5.74, 6) is -2.06. The Hall–Kier alpha value is -3.19. The van der Waals surface area contributed by atoms with Gasteiger partial charge >= 0.3 is 5.97 Å². The molecule has 26 heavy (non-hydrogen) atoms. The van der Waals surface area contributed by atoms with E-state index in [-0.39, 0.29) is 28.2 Å². The van der Waals surface area contributed by atoms with Gasteiger partial charge in [0.2, 0.25) is 5.91 Å². The largest absolute Gasteiger partial charge is 0.476 e. The van der Waals surface area contributed by atoms with Crippen LogP contribution in [0.1, 0.15) is 10.5 Å². The van der Waals surface area contributed by atoms with Crippen LogP contribution in [0, 0.1) is 5.41 Å². The monoisotopic (exact) mass is 398 g/mol. The number of carboxylic acids is 1.